The largest absolute Gasteiger partial charge is 0.467 e. The van der Waals surface area contributed by atoms with Crippen LogP contribution in [0.1, 0.15) is 0 Å². The van der Waals surface area contributed by atoms with Gasteiger partial charge in [0.15, 0.2) is 5.16 Å². The lowest BCUT2D eigenvalue weighted by Gasteiger charge is -1.99. The van der Waals surface area contributed by atoms with Crippen LogP contribution in [-0.2, 0) is 0 Å². The zero-order chi connectivity index (χ0) is 10.7. The van der Waals surface area contributed by atoms with Gasteiger partial charge < -0.3 is 4.74 Å². The van der Waals surface area contributed by atoms with Crippen molar-refractivity contribution >= 4 is 23.4 Å². The predicted molar refractivity (Wildman–Crippen MR) is 51.9 cm³/mol. The fraction of sp³-hybridized carbons (Fsp3) is 0.167. The van der Waals surface area contributed by atoms with E-state index < -0.39 is 0 Å². The summed E-state index contributed by atoms with van der Waals surface area (Å²) in [5, 5.41) is 7.39. The summed E-state index contributed by atoms with van der Waals surface area (Å²) in [6, 6.07) is 0.164. The number of methoxy groups -OCH3 is 1. The molecule has 2 rings (SSSR count). The Bertz CT molecular complexity index is 449. The molecule has 0 spiro atoms. The highest BCUT2D eigenvalue weighted by molar-refractivity contribution is 7.99. The Morgan fingerprint density at radius 1 is 1.40 bits per heavy atom. The van der Waals surface area contributed by atoms with Gasteiger partial charge >= 0.3 is 6.01 Å². The number of halogens is 1. The second kappa shape index (κ2) is 4.41. The van der Waals surface area contributed by atoms with E-state index >= 15 is 0 Å². The number of nitrogens with one attached hydrogen (secondary N) is 1. The van der Waals surface area contributed by atoms with E-state index in [0.29, 0.717) is 10.3 Å². The zero-order valence-electron chi connectivity index (χ0n) is 7.51. The van der Waals surface area contributed by atoms with Gasteiger partial charge in [0, 0.05) is 0 Å². The molecular weight excluding hydrogens is 240 g/mol. The molecule has 0 aliphatic rings. The zero-order valence-corrected chi connectivity index (χ0v) is 9.08. The molecule has 0 atom stereocenters. The van der Waals surface area contributed by atoms with Crippen LogP contribution in [0.3, 0.4) is 0 Å². The Morgan fingerprint density at radius 3 is 2.93 bits per heavy atom. The summed E-state index contributed by atoms with van der Waals surface area (Å²) in [4.78, 5) is 15.5. The van der Waals surface area contributed by atoms with E-state index in [1.165, 1.54) is 25.2 Å². The van der Waals surface area contributed by atoms with Crippen molar-refractivity contribution in [2.75, 3.05) is 7.11 Å². The Balaban J connectivity index is 2.24. The monoisotopic (exact) mass is 244 g/mol. The average Bonchev–Trinajstić information content (AvgIpc) is 2.69. The van der Waals surface area contributed by atoms with Gasteiger partial charge in [0.1, 0.15) is 6.33 Å². The highest BCUT2D eigenvalue weighted by Crippen LogP contribution is 2.22. The van der Waals surface area contributed by atoms with E-state index in [0.717, 1.165) is 0 Å². The van der Waals surface area contributed by atoms with Gasteiger partial charge in [-0.1, -0.05) is 0 Å². The van der Waals surface area contributed by atoms with Crippen LogP contribution in [-0.4, -0.2) is 37.2 Å². The molecule has 15 heavy (non-hydrogen) atoms. The van der Waals surface area contributed by atoms with E-state index in [4.69, 9.17) is 16.3 Å². The minimum Gasteiger partial charge on any atom is -0.467 e. The molecule has 0 aliphatic heterocycles. The standard InChI is InChI=1S/C6H5ClN6OS/c1-14-4-10-3(7)11-6(12-4)15-5-8-2-9-13-5/h2H,1H3,(H,8,9,13). The molecule has 1 N–H and O–H groups in total. The van der Waals surface area contributed by atoms with E-state index in [1.54, 1.807) is 0 Å². The summed E-state index contributed by atoms with van der Waals surface area (Å²) in [5.74, 6) is 0. The fourth-order valence-electron chi connectivity index (χ4n) is 0.781. The Hall–Kier alpha value is -1.41. The number of nitrogens with zero attached hydrogens (tertiary/aromatic N) is 5. The first kappa shape index (κ1) is 10.1. The molecule has 0 fully saturated rings. The highest BCUT2D eigenvalue weighted by Gasteiger charge is 2.08. The second-order valence-corrected chi connectivity index (χ2v) is 3.56. The number of aromatic amines is 1. The van der Waals surface area contributed by atoms with Crippen LogP contribution in [0.25, 0.3) is 0 Å². The van der Waals surface area contributed by atoms with Crippen molar-refractivity contribution in [3.63, 3.8) is 0 Å². The Morgan fingerprint density at radius 2 is 2.27 bits per heavy atom. The third-order valence-corrected chi connectivity index (χ3v) is 2.25. The minimum absolute atomic E-state index is 0.0730. The van der Waals surface area contributed by atoms with Gasteiger partial charge in [-0.25, -0.2) is 4.98 Å². The van der Waals surface area contributed by atoms with Gasteiger partial charge in [-0.3, -0.25) is 5.10 Å². The lowest BCUT2D eigenvalue weighted by atomic mass is 11.0. The van der Waals surface area contributed by atoms with Crippen molar-refractivity contribution in [2.24, 2.45) is 0 Å². The van der Waals surface area contributed by atoms with E-state index in [1.807, 2.05) is 0 Å². The summed E-state index contributed by atoms with van der Waals surface area (Å²) in [6.45, 7) is 0. The third kappa shape index (κ3) is 2.54. The van der Waals surface area contributed by atoms with Crippen molar-refractivity contribution in [1.29, 1.82) is 0 Å². The molecule has 0 saturated heterocycles. The summed E-state index contributed by atoms with van der Waals surface area (Å²) < 4.78 is 4.85. The number of rotatable bonds is 3. The average molecular weight is 245 g/mol. The maximum atomic E-state index is 5.67. The summed E-state index contributed by atoms with van der Waals surface area (Å²) in [6.07, 6.45) is 1.39. The molecule has 2 heterocycles. The fourth-order valence-corrected chi connectivity index (χ4v) is 1.61. The first-order valence-electron chi connectivity index (χ1n) is 3.76. The number of hydrogen-bond donors (Lipinski definition) is 1. The van der Waals surface area contributed by atoms with Crippen molar-refractivity contribution in [1.82, 2.24) is 30.1 Å². The molecule has 0 unspecified atom stereocenters. The molecule has 7 nitrogen and oxygen atoms in total. The van der Waals surface area contributed by atoms with Crippen LogP contribution in [0.4, 0.5) is 0 Å². The second-order valence-electron chi connectivity index (χ2n) is 2.27. The van der Waals surface area contributed by atoms with Crippen LogP contribution in [0.15, 0.2) is 16.6 Å². The smallest absolute Gasteiger partial charge is 0.321 e. The van der Waals surface area contributed by atoms with Crippen molar-refractivity contribution in [2.45, 2.75) is 10.3 Å². The highest BCUT2D eigenvalue weighted by atomic mass is 35.5. The van der Waals surface area contributed by atoms with Crippen LogP contribution in [0.2, 0.25) is 5.28 Å². The summed E-state index contributed by atoms with van der Waals surface area (Å²) >= 11 is 6.85. The molecule has 9 heteroatoms. The van der Waals surface area contributed by atoms with Crippen LogP contribution < -0.4 is 4.74 Å². The number of hydrogen-bond acceptors (Lipinski definition) is 7. The number of aromatic nitrogens is 6. The quantitative estimate of drug-likeness (QED) is 0.854. The minimum atomic E-state index is 0.0730. The summed E-state index contributed by atoms with van der Waals surface area (Å²) in [5.41, 5.74) is 0. The topological polar surface area (TPSA) is 89.5 Å². The van der Waals surface area contributed by atoms with Gasteiger partial charge in [-0.2, -0.15) is 20.1 Å². The van der Waals surface area contributed by atoms with Gasteiger partial charge in [-0.05, 0) is 23.4 Å². The van der Waals surface area contributed by atoms with Crippen molar-refractivity contribution in [3.8, 4) is 6.01 Å². The number of H-pyrrole nitrogens is 1. The molecule has 0 bridgehead atoms. The van der Waals surface area contributed by atoms with Crippen molar-refractivity contribution in [3.05, 3.63) is 11.6 Å². The van der Waals surface area contributed by atoms with Gasteiger partial charge in [0.2, 0.25) is 10.4 Å². The normalized spacial score (nSPS) is 10.3. The molecular formula is C6H5ClN6OS. The molecule has 0 aromatic carbocycles. The Kier molecular flexibility index (Phi) is 2.97. The lowest BCUT2D eigenvalue weighted by molar-refractivity contribution is 0.373. The molecule has 0 saturated carbocycles. The van der Waals surface area contributed by atoms with E-state index in [2.05, 4.69) is 30.1 Å². The lowest BCUT2D eigenvalue weighted by Crippen LogP contribution is -1.97. The first-order chi connectivity index (χ1) is 7.28. The molecule has 2 aromatic heterocycles. The first-order valence-corrected chi connectivity index (χ1v) is 4.96. The van der Waals surface area contributed by atoms with Crippen LogP contribution in [0, 0.1) is 0 Å². The molecule has 0 aliphatic carbocycles. The van der Waals surface area contributed by atoms with Gasteiger partial charge in [0.25, 0.3) is 0 Å². The van der Waals surface area contributed by atoms with Gasteiger partial charge in [0.05, 0.1) is 7.11 Å². The van der Waals surface area contributed by atoms with E-state index in [9.17, 15) is 0 Å². The summed E-state index contributed by atoms with van der Waals surface area (Å²) in [7, 11) is 1.45. The van der Waals surface area contributed by atoms with Crippen LogP contribution in [0.5, 0.6) is 6.01 Å². The van der Waals surface area contributed by atoms with E-state index in [-0.39, 0.29) is 11.3 Å². The molecule has 0 amide bonds. The number of ether oxygens (including phenoxy) is 1. The molecule has 2 aromatic rings. The molecule has 78 valence electrons. The molecule has 0 radical (unpaired) electrons. The SMILES string of the molecule is COc1nc(Cl)nc(Sc2ncn[nH]2)n1. The predicted octanol–water partition coefficient (Wildman–Crippen LogP) is 0.803. The maximum Gasteiger partial charge on any atom is 0.321 e. The van der Waals surface area contributed by atoms with Crippen molar-refractivity contribution < 1.29 is 4.74 Å². The van der Waals surface area contributed by atoms with Gasteiger partial charge in [-0.15, -0.1) is 0 Å². The third-order valence-electron chi connectivity index (χ3n) is 1.33. The Labute approximate surface area is 93.7 Å². The maximum absolute atomic E-state index is 5.67. The van der Waals surface area contributed by atoms with Crippen LogP contribution >= 0.6 is 23.4 Å².